The Morgan fingerprint density at radius 2 is 2.05 bits per heavy atom. The van der Waals surface area contributed by atoms with Crippen molar-refractivity contribution in [3.63, 3.8) is 0 Å². The van der Waals surface area contributed by atoms with Crippen LogP contribution in [0, 0.1) is 11.8 Å². The summed E-state index contributed by atoms with van der Waals surface area (Å²) >= 11 is 5.74. The highest BCUT2D eigenvalue weighted by Gasteiger charge is 2.32. The molecular formula is C15H20ClN3O. The third-order valence-electron chi connectivity index (χ3n) is 4.56. The first kappa shape index (κ1) is 13.7. The summed E-state index contributed by atoms with van der Waals surface area (Å²) in [5.41, 5.74) is 0.699. The van der Waals surface area contributed by atoms with Crippen LogP contribution >= 0.6 is 11.6 Å². The van der Waals surface area contributed by atoms with E-state index in [0.29, 0.717) is 16.8 Å². The lowest BCUT2D eigenvalue weighted by Gasteiger charge is -2.41. The molecule has 2 heterocycles. The quantitative estimate of drug-likeness (QED) is 0.801. The Morgan fingerprint density at radius 3 is 2.80 bits per heavy atom. The maximum absolute atomic E-state index is 12.3. The number of nitrogens with one attached hydrogen (secondary N) is 1. The van der Waals surface area contributed by atoms with E-state index in [4.69, 9.17) is 11.6 Å². The number of fused-ring (bicyclic) bond motifs is 1. The fourth-order valence-electron chi connectivity index (χ4n) is 3.44. The Kier molecular flexibility index (Phi) is 4.10. The largest absolute Gasteiger partial charge is 0.324 e. The van der Waals surface area contributed by atoms with Crippen molar-refractivity contribution in [3.05, 3.63) is 23.5 Å². The summed E-state index contributed by atoms with van der Waals surface area (Å²) in [6, 6.07) is 3.45. The number of hydrogen-bond acceptors (Lipinski definition) is 2. The van der Waals surface area contributed by atoms with Crippen LogP contribution in [-0.2, 0) is 0 Å². The number of hydrogen-bond donors (Lipinski definition) is 1. The van der Waals surface area contributed by atoms with Crippen molar-refractivity contribution in [3.8, 4) is 0 Å². The van der Waals surface area contributed by atoms with E-state index in [9.17, 15) is 4.79 Å². The highest BCUT2D eigenvalue weighted by molar-refractivity contribution is 6.29. The number of anilines is 1. The summed E-state index contributed by atoms with van der Waals surface area (Å²) in [4.78, 5) is 18.2. The maximum atomic E-state index is 12.3. The highest BCUT2D eigenvalue weighted by Crippen LogP contribution is 2.36. The Balaban J connectivity index is 1.58. The summed E-state index contributed by atoms with van der Waals surface area (Å²) in [6.45, 7) is 1.77. The van der Waals surface area contributed by atoms with Gasteiger partial charge in [0.15, 0.2) is 0 Å². The highest BCUT2D eigenvalue weighted by atomic mass is 35.5. The van der Waals surface area contributed by atoms with E-state index >= 15 is 0 Å². The van der Waals surface area contributed by atoms with E-state index in [1.54, 1.807) is 18.3 Å². The number of carbonyl (C=O) groups is 1. The summed E-state index contributed by atoms with van der Waals surface area (Å²) in [5, 5.41) is 3.34. The summed E-state index contributed by atoms with van der Waals surface area (Å²) < 4.78 is 0. The zero-order valence-electron chi connectivity index (χ0n) is 11.5. The molecule has 1 aromatic heterocycles. The monoisotopic (exact) mass is 293 g/mol. The van der Waals surface area contributed by atoms with Crippen LogP contribution in [0.2, 0.25) is 5.15 Å². The first-order valence-electron chi connectivity index (χ1n) is 7.40. The molecule has 5 heteroatoms. The van der Waals surface area contributed by atoms with Gasteiger partial charge in [-0.3, -0.25) is 0 Å². The van der Waals surface area contributed by atoms with Crippen LogP contribution in [0.15, 0.2) is 18.3 Å². The van der Waals surface area contributed by atoms with Crippen LogP contribution < -0.4 is 5.32 Å². The molecule has 1 aromatic rings. The molecule has 0 radical (unpaired) electrons. The Morgan fingerprint density at radius 1 is 1.25 bits per heavy atom. The van der Waals surface area contributed by atoms with Gasteiger partial charge in [-0.15, -0.1) is 0 Å². The molecule has 0 bridgehead atoms. The van der Waals surface area contributed by atoms with Crippen molar-refractivity contribution in [2.24, 2.45) is 11.8 Å². The number of aromatic nitrogens is 1. The lowest BCUT2D eigenvalue weighted by Crippen LogP contribution is -2.46. The fourth-order valence-corrected chi connectivity index (χ4v) is 3.55. The molecule has 2 aliphatic rings. The molecule has 2 unspecified atom stereocenters. The van der Waals surface area contributed by atoms with Crippen LogP contribution in [0.3, 0.4) is 0 Å². The number of likely N-dealkylation sites (tertiary alicyclic amines) is 1. The number of carbonyl (C=O) groups excluding carboxylic acids is 1. The molecular weight excluding hydrogens is 274 g/mol. The molecule has 3 rings (SSSR count). The number of amides is 2. The standard InChI is InChI=1S/C15H20ClN3O/c16-14-6-5-13(9-17-14)18-15(20)19-8-7-11-3-1-2-4-12(11)10-19/h5-6,9,11-12H,1-4,7-8,10H2,(H,18,20). The second-order valence-corrected chi connectivity index (χ2v) is 6.23. The predicted molar refractivity (Wildman–Crippen MR) is 79.9 cm³/mol. The van der Waals surface area contributed by atoms with Gasteiger partial charge in [0.05, 0.1) is 11.9 Å². The second kappa shape index (κ2) is 6.00. The van der Waals surface area contributed by atoms with Crippen LogP contribution in [0.1, 0.15) is 32.1 Å². The average Bonchev–Trinajstić information content (AvgIpc) is 2.49. The van der Waals surface area contributed by atoms with Gasteiger partial charge in [0.2, 0.25) is 0 Å². The molecule has 20 heavy (non-hydrogen) atoms. The van der Waals surface area contributed by atoms with Gasteiger partial charge in [0.1, 0.15) is 5.15 Å². The molecule has 2 fully saturated rings. The van der Waals surface area contributed by atoms with Crippen molar-refractivity contribution < 1.29 is 4.79 Å². The molecule has 4 nitrogen and oxygen atoms in total. The first-order chi connectivity index (χ1) is 9.72. The minimum Gasteiger partial charge on any atom is -0.324 e. The molecule has 0 aromatic carbocycles. The van der Waals surface area contributed by atoms with Gasteiger partial charge < -0.3 is 10.2 Å². The molecule has 1 aliphatic heterocycles. The van der Waals surface area contributed by atoms with Gasteiger partial charge in [-0.25, -0.2) is 9.78 Å². The van der Waals surface area contributed by atoms with Gasteiger partial charge in [0, 0.05) is 13.1 Å². The van der Waals surface area contributed by atoms with Gasteiger partial charge in [0.25, 0.3) is 0 Å². The van der Waals surface area contributed by atoms with E-state index in [1.807, 2.05) is 4.90 Å². The SMILES string of the molecule is O=C(Nc1ccc(Cl)nc1)N1CCC2CCCCC2C1. The van der Waals surface area contributed by atoms with Gasteiger partial charge >= 0.3 is 6.03 Å². The number of rotatable bonds is 1. The number of pyridine rings is 1. The molecule has 2 atom stereocenters. The zero-order valence-corrected chi connectivity index (χ0v) is 12.3. The van der Waals surface area contributed by atoms with Crippen LogP contribution in [0.5, 0.6) is 0 Å². The van der Waals surface area contributed by atoms with Crippen molar-refractivity contribution in [2.75, 3.05) is 18.4 Å². The third-order valence-corrected chi connectivity index (χ3v) is 4.78. The molecule has 1 aliphatic carbocycles. The van der Waals surface area contributed by atoms with E-state index in [1.165, 1.54) is 25.7 Å². The minimum absolute atomic E-state index is 0.0156. The first-order valence-corrected chi connectivity index (χ1v) is 7.77. The second-order valence-electron chi connectivity index (χ2n) is 5.84. The minimum atomic E-state index is -0.0156. The van der Waals surface area contributed by atoms with E-state index < -0.39 is 0 Å². The fraction of sp³-hybridized carbons (Fsp3) is 0.600. The topological polar surface area (TPSA) is 45.2 Å². The Bertz CT molecular complexity index is 477. The summed E-state index contributed by atoms with van der Waals surface area (Å²) in [7, 11) is 0. The smallest absolute Gasteiger partial charge is 0.321 e. The number of nitrogens with zero attached hydrogens (tertiary/aromatic N) is 2. The lowest BCUT2D eigenvalue weighted by molar-refractivity contribution is 0.108. The van der Waals surface area contributed by atoms with Crippen molar-refractivity contribution in [2.45, 2.75) is 32.1 Å². The third kappa shape index (κ3) is 3.06. The average molecular weight is 294 g/mol. The summed E-state index contributed by atoms with van der Waals surface area (Å²) in [5.74, 6) is 1.54. The van der Waals surface area contributed by atoms with Crippen molar-refractivity contribution >= 4 is 23.3 Å². The van der Waals surface area contributed by atoms with E-state index in [-0.39, 0.29) is 6.03 Å². The van der Waals surface area contributed by atoms with Crippen molar-refractivity contribution in [1.29, 1.82) is 0 Å². The molecule has 1 N–H and O–H groups in total. The molecule has 1 saturated heterocycles. The lowest BCUT2D eigenvalue weighted by atomic mass is 9.75. The number of halogens is 1. The number of urea groups is 1. The Labute approximate surface area is 124 Å². The van der Waals surface area contributed by atoms with E-state index in [2.05, 4.69) is 10.3 Å². The van der Waals surface area contributed by atoms with Gasteiger partial charge in [-0.05, 0) is 36.8 Å². The zero-order chi connectivity index (χ0) is 13.9. The molecule has 0 spiro atoms. The van der Waals surface area contributed by atoms with Crippen LogP contribution in [0.4, 0.5) is 10.5 Å². The summed E-state index contributed by atoms with van der Waals surface area (Å²) in [6.07, 6.45) is 8.05. The predicted octanol–water partition coefficient (Wildman–Crippen LogP) is 3.78. The van der Waals surface area contributed by atoms with Crippen LogP contribution in [-0.4, -0.2) is 29.0 Å². The molecule has 108 valence electrons. The van der Waals surface area contributed by atoms with Crippen LogP contribution in [0.25, 0.3) is 0 Å². The number of piperidine rings is 1. The normalized spacial score (nSPS) is 25.9. The Hall–Kier alpha value is -1.29. The molecule has 2 amide bonds. The molecule has 1 saturated carbocycles. The maximum Gasteiger partial charge on any atom is 0.321 e. The van der Waals surface area contributed by atoms with E-state index in [0.717, 1.165) is 25.4 Å². The van der Waals surface area contributed by atoms with Crippen molar-refractivity contribution in [1.82, 2.24) is 9.88 Å². The van der Waals surface area contributed by atoms with Gasteiger partial charge in [-0.2, -0.15) is 0 Å². The van der Waals surface area contributed by atoms with Gasteiger partial charge in [-0.1, -0.05) is 30.9 Å².